The molecular weight excluding hydrogens is 319 g/mol. The highest BCUT2D eigenvalue weighted by atomic mass is 79.9. The summed E-state index contributed by atoms with van der Waals surface area (Å²) in [4.78, 5) is 4.54. The third kappa shape index (κ3) is 2.38. The van der Waals surface area contributed by atoms with E-state index in [1.54, 1.807) is 12.1 Å². The van der Waals surface area contributed by atoms with Crippen molar-refractivity contribution in [3.8, 4) is 0 Å². The van der Waals surface area contributed by atoms with Crippen LogP contribution in [0.3, 0.4) is 0 Å². The van der Waals surface area contributed by atoms with E-state index < -0.39 is 0 Å². The minimum absolute atomic E-state index is 0.0659. The zero-order valence-corrected chi connectivity index (χ0v) is 12.8. The molecule has 1 N–H and O–H groups in total. The van der Waals surface area contributed by atoms with E-state index in [0.717, 1.165) is 28.6 Å². The topological polar surface area (TPSA) is 24.9 Å². The van der Waals surface area contributed by atoms with Gasteiger partial charge in [0.25, 0.3) is 0 Å². The Labute approximate surface area is 126 Å². The van der Waals surface area contributed by atoms with Gasteiger partial charge in [-0.1, -0.05) is 22.0 Å². The second kappa shape index (κ2) is 5.62. The zero-order chi connectivity index (χ0) is 14.1. The van der Waals surface area contributed by atoms with Crippen molar-refractivity contribution in [3.63, 3.8) is 0 Å². The maximum atomic E-state index is 13.6. The monoisotopic (exact) mass is 334 g/mol. The summed E-state index contributed by atoms with van der Waals surface area (Å²) >= 11 is 3.53. The molecule has 3 rings (SSSR count). The Morgan fingerprint density at radius 2 is 2.25 bits per heavy atom. The van der Waals surface area contributed by atoms with E-state index in [9.17, 15) is 4.39 Å². The van der Waals surface area contributed by atoms with E-state index in [4.69, 9.17) is 0 Å². The van der Waals surface area contributed by atoms with Gasteiger partial charge in [-0.2, -0.15) is 0 Å². The molecule has 1 aliphatic rings. The third-order valence-electron chi connectivity index (χ3n) is 4.01. The lowest BCUT2D eigenvalue weighted by molar-refractivity contribution is 0.466. The van der Waals surface area contributed by atoms with Crippen LogP contribution in [-0.2, 0) is 6.42 Å². The smallest absolute Gasteiger partial charge is 0.123 e. The van der Waals surface area contributed by atoms with Crippen LogP contribution in [0.25, 0.3) is 0 Å². The van der Waals surface area contributed by atoms with Gasteiger partial charge in [0, 0.05) is 28.3 Å². The second-order valence-electron chi connectivity index (χ2n) is 5.13. The standard InChI is InChI=1S/C16H16BrFN2/c1-19-16(13-9-11(18)5-7-14(13)17)12-6-4-10-3-2-8-20-15(10)12/h2-3,5,7-9,12,16,19H,4,6H2,1H3. The number of fused-ring (bicyclic) bond motifs is 1. The van der Waals surface area contributed by atoms with Gasteiger partial charge < -0.3 is 5.32 Å². The number of aromatic nitrogens is 1. The fourth-order valence-electron chi connectivity index (χ4n) is 3.09. The lowest BCUT2D eigenvalue weighted by atomic mass is 9.91. The average molecular weight is 335 g/mol. The van der Waals surface area contributed by atoms with Crippen molar-refractivity contribution < 1.29 is 4.39 Å². The molecule has 2 nitrogen and oxygen atoms in total. The molecular formula is C16H16BrFN2. The highest BCUT2D eigenvalue weighted by Crippen LogP contribution is 2.42. The summed E-state index contributed by atoms with van der Waals surface area (Å²) in [6.07, 6.45) is 3.92. The zero-order valence-electron chi connectivity index (χ0n) is 11.2. The molecule has 4 heteroatoms. The number of nitrogens with one attached hydrogen (secondary N) is 1. The SMILES string of the molecule is CNC(c1cc(F)ccc1Br)C1CCc2cccnc21. The lowest BCUT2D eigenvalue weighted by Crippen LogP contribution is -2.23. The summed E-state index contributed by atoms with van der Waals surface area (Å²) in [5.74, 6) is 0.0805. The van der Waals surface area contributed by atoms with Crippen LogP contribution >= 0.6 is 15.9 Å². The summed E-state index contributed by atoms with van der Waals surface area (Å²) in [7, 11) is 1.92. The molecule has 1 aromatic carbocycles. The first-order valence-electron chi connectivity index (χ1n) is 6.76. The van der Waals surface area contributed by atoms with Crippen LogP contribution in [0, 0.1) is 5.82 Å². The Morgan fingerprint density at radius 1 is 1.40 bits per heavy atom. The van der Waals surface area contributed by atoms with E-state index in [1.807, 2.05) is 19.3 Å². The Bertz CT molecular complexity index is 630. The molecule has 1 heterocycles. The first-order chi connectivity index (χ1) is 9.70. The minimum atomic E-state index is -0.206. The number of halogens is 2. The molecule has 1 aliphatic carbocycles. The van der Waals surface area contributed by atoms with Crippen molar-refractivity contribution in [2.45, 2.75) is 24.8 Å². The minimum Gasteiger partial charge on any atom is -0.312 e. The van der Waals surface area contributed by atoms with E-state index in [1.165, 1.54) is 11.6 Å². The Balaban J connectivity index is 2.01. The lowest BCUT2D eigenvalue weighted by Gasteiger charge is -2.25. The molecule has 20 heavy (non-hydrogen) atoms. The third-order valence-corrected chi connectivity index (χ3v) is 4.73. The molecule has 1 aromatic heterocycles. The van der Waals surface area contributed by atoms with E-state index in [0.29, 0.717) is 0 Å². The normalized spacial score (nSPS) is 18.9. The summed E-state index contributed by atoms with van der Waals surface area (Å²) in [6, 6.07) is 9.02. The van der Waals surface area contributed by atoms with Crippen molar-refractivity contribution in [2.24, 2.45) is 0 Å². The number of pyridine rings is 1. The molecule has 0 aliphatic heterocycles. The Kier molecular flexibility index (Phi) is 3.85. The summed E-state index contributed by atoms with van der Waals surface area (Å²) < 4.78 is 14.5. The fourth-order valence-corrected chi connectivity index (χ4v) is 3.59. The van der Waals surface area contributed by atoms with E-state index in [2.05, 4.69) is 32.3 Å². The molecule has 0 radical (unpaired) electrons. The molecule has 0 fully saturated rings. The first kappa shape index (κ1) is 13.7. The Hall–Kier alpha value is -1.26. The number of hydrogen-bond acceptors (Lipinski definition) is 2. The molecule has 2 atom stereocenters. The van der Waals surface area contributed by atoms with Crippen LogP contribution in [0.5, 0.6) is 0 Å². The number of likely N-dealkylation sites (N-methyl/N-ethyl adjacent to an activating group) is 1. The number of hydrogen-bond donors (Lipinski definition) is 1. The van der Waals surface area contributed by atoms with Crippen LogP contribution in [0.15, 0.2) is 41.0 Å². The highest BCUT2D eigenvalue weighted by Gasteiger charge is 2.32. The van der Waals surface area contributed by atoms with Gasteiger partial charge in [0.05, 0.1) is 0 Å². The van der Waals surface area contributed by atoms with Crippen molar-refractivity contribution in [3.05, 3.63) is 63.6 Å². The molecule has 0 amide bonds. The van der Waals surface area contributed by atoms with Gasteiger partial charge in [-0.3, -0.25) is 4.98 Å². The van der Waals surface area contributed by atoms with Crippen LogP contribution in [0.2, 0.25) is 0 Å². The van der Waals surface area contributed by atoms with Crippen molar-refractivity contribution in [2.75, 3.05) is 7.05 Å². The quantitative estimate of drug-likeness (QED) is 0.918. The molecule has 0 saturated heterocycles. The van der Waals surface area contributed by atoms with Crippen LogP contribution in [0.4, 0.5) is 4.39 Å². The van der Waals surface area contributed by atoms with Crippen LogP contribution in [0.1, 0.15) is 35.2 Å². The van der Waals surface area contributed by atoms with Gasteiger partial charge in [0.2, 0.25) is 0 Å². The van der Waals surface area contributed by atoms with Gasteiger partial charge in [-0.05, 0) is 55.3 Å². The summed E-state index contributed by atoms with van der Waals surface area (Å²) in [5, 5.41) is 3.33. The highest BCUT2D eigenvalue weighted by molar-refractivity contribution is 9.10. The number of nitrogens with zero attached hydrogens (tertiary/aromatic N) is 1. The van der Waals surface area contributed by atoms with Gasteiger partial charge in [-0.15, -0.1) is 0 Å². The van der Waals surface area contributed by atoms with Crippen molar-refractivity contribution in [1.82, 2.24) is 10.3 Å². The number of benzene rings is 1. The Morgan fingerprint density at radius 3 is 3.05 bits per heavy atom. The van der Waals surface area contributed by atoms with E-state index in [-0.39, 0.29) is 17.8 Å². The summed E-state index contributed by atoms with van der Waals surface area (Å²) in [5.41, 5.74) is 3.41. The van der Waals surface area contributed by atoms with Crippen molar-refractivity contribution >= 4 is 15.9 Å². The second-order valence-corrected chi connectivity index (χ2v) is 5.98. The fraction of sp³-hybridized carbons (Fsp3) is 0.312. The molecule has 0 spiro atoms. The van der Waals surface area contributed by atoms with Gasteiger partial charge in [-0.25, -0.2) is 4.39 Å². The first-order valence-corrected chi connectivity index (χ1v) is 7.56. The molecule has 2 aromatic rings. The molecule has 104 valence electrons. The maximum absolute atomic E-state index is 13.6. The molecule has 0 bridgehead atoms. The summed E-state index contributed by atoms with van der Waals surface area (Å²) in [6.45, 7) is 0. The van der Waals surface area contributed by atoms with Gasteiger partial charge >= 0.3 is 0 Å². The largest absolute Gasteiger partial charge is 0.312 e. The van der Waals surface area contributed by atoms with Crippen LogP contribution < -0.4 is 5.32 Å². The van der Waals surface area contributed by atoms with Gasteiger partial charge in [0.15, 0.2) is 0 Å². The predicted molar refractivity (Wildman–Crippen MR) is 81.2 cm³/mol. The van der Waals surface area contributed by atoms with Crippen molar-refractivity contribution in [1.29, 1.82) is 0 Å². The number of rotatable bonds is 3. The average Bonchev–Trinajstić information content (AvgIpc) is 2.88. The number of aryl methyl sites for hydroxylation is 1. The van der Waals surface area contributed by atoms with Crippen LogP contribution in [-0.4, -0.2) is 12.0 Å². The maximum Gasteiger partial charge on any atom is 0.123 e. The van der Waals surface area contributed by atoms with E-state index >= 15 is 0 Å². The predicted octanol–water partition coefficient (Wildman–Crippen LogP) is 3.97. The molecule has 2 unspecified atom stereocenters. The molecule has 0 saturated carbocycles. The van der Waals surface area contributed by atoms with Gasteiger partial charge in [0.1, 0.15) is 5.82 Å².